The van der Waals surface area contributed by atoms with Crippen molar-refractivity contribution in [3.05, 3.63) is 28.7 Å². The number of carbonyl (C=O) groups is 2. The molecule has 4 unspecified atom stereocenters. The monoisotopic (exact) mass is 359 g/mol. The predicted octanol–water partition coefficient (Wildman–Crippen LogP) is 0.615. The van der Waals surface area contributed by atoms with Crippen molar-refractivity contribution in [2.24, 2.45) is 28.7 Å². The van der Waals surface area contributed by atoms with Gasteiger partial charge >= 0.3 is 0 Å². The summed E-state index contributed by atoms with van der Waals surface area (Å²) in [6.07, 6.45) is 6.96. The Kier molecular flexibility index (Phi) is 4.29. The van der Waals surface area contributed by atoms with Crippen LogP contribution in [0, 0.1) is 23.7 Å². The fourth-order valence-electron chi connectivity index (χ4n) is 4.19. The third-order valence-electron chi connectivity index (χ3n) is 5.30. The molecule has 2 bridgehead atoms. The van der Waals surface area contributed by atoms with E-state index >= 15 is 0 Å². The molecule has 0 spiro atoms. The van der Waals surface area contributed by atoms with Gasteiger partial charge in [0.15, 0.2) is 5.96 Å². The summed E-state index contributed by atoms with van der Waals surface area (Å²) in [6.45, 7) is 1.46. The van der Waals surface area contributed by atoms with Crippen LogP contribution in [0.2, 0.25) is 0 Å². The Balaban J connectivity index is 1.28. The summed E-state index contributed by atoms with van der Waals surface area (Å²) in [5, 5.41) is 9.23. The lowest BCUT2D eigenvalue weighted by Gasteiger charge is -2.18. The SMILES string of the molecule is CN=C(NCCN1C(=O)C2C3C=CC(C3)C2C1=O)NCc1nccs1. The molecule has 132 valence electrons. The number of likely N-dealkylation sites (tertiary alicyclic amines) is 1. The first-order valence-corrected chi connectivity index (χ1v) is 9.43. The van der Waals surface area contributed by atoms with E-state index < -0.39 is 0 Å². The number of allylic oxidation sites excluding steroid dienone is 2. The van der Waals surface area contributed by atoms with Crippen molar-refractivity contribution < 1.29 is 9.59 Å². The number of guanidine groups is 1. The van der Waals surface area contributed by atoms with Gasteiger partial charge in [-0.15, -0.1) is 11.3 Å². The highest BCUT2D eigenvalue weighted by atomic mass is 32.1. The number of imide groups is 1. The molecule has 2 amide bonds. The van der Waals surface area contributed by atoms with Crippen LogP contribution in [0.15, 0.2) is 28.7 Å². The minimum atomic E-state index is -0.121. The van der Waals surface area contributed by atoms with E-state index in [9.17, 15) is 9.59 Å². The Hall–Kier alpha value is -2.22. The number of nitrogens with zero attached hydrogens (tertiary/aromatic N) is 3. The molecule has 8 heteroatoms. The maximum Gasteiger partial charge on any atom is 0.233 e. The van der Waals surface area contributed by atoms with E-state index in [0.29, 0.717) is 25.6 Å². The van der Waals surface area contributed by atoms with Crippen molar-refractivity contribution in [1.29, 1.82) is 0 Å². The molecule has 4 rings (SSSR count). The topological polar surface area (TPSA) is 86.7 Å². The molecule has 25 heavy (non-hydrogen) atoms. The first-order chi connectivity index (χ1) is 12.2. The van der Waals surface area contributed by atoms with Crippen LogP contribution in [0.1, 0.15) is 11.4 Å². The van der Waals surface area contributed by atoms with E-state index in [-0.39, 0.29) is 35.5 Å². The van der Waals surface area contributed by atoms with Crippen molar-refractivity contribution in [1.82, 2.24) is 20.5 Å². The Bertz CT molecular complexity index is 699. The lowest BCUT2D eigenvalue weighted by Crippen LogP contribution is -2.43. The molecule has 1 saturated heterocycles. The van der Waals surface area contributed by atoms with Crippen LogP contribution in [0.25, 0.3) is 0 Å². The smallest absolute Gasteiger partial charge is 0.233 e. The molecule has 1 aromatic rings. The van der Waals surface area contributed by atoms with Crippen molar-refractivity contribution >= 4 is 29.1 Å². The summed E-state index contributed by atoms with van der Waals surface area (Å²) in [5.41, 5.74) is 0. The minimum absolute atomic E-state index is 0.000572. The number of hydrogen-bond acceptors (Lipinski definition) is 5. The summed E-state index contributed by atoms with van der Waals surface area (Å²) >= 11 is 1.58. The van der Waals surface area contributed by atoms with Crippen LogP contribution < -0.4 is 10.6 Å². The molecule has 0 radical (unpaired) electrons. The number of thiazole rings is 1. The maximum atomic E-state index is 12.6. The van der Waals surface area contributed by atoms with E-state index in [1.54, 1.807) is 24.6 Å². The number of aromatic nitrogens is 1. The molecule has 2 N–H and O–H groups in total. The van der Waals surface area contributed by atoms with E-state index in [1.165, 1.54) is 4.90 Å². The van der Waals surface area contributed by atoms with Crippen LogP contribution in [0.3, 0.4) is 0 Å². The van der Waals surface area contributed by atoms with E-state index in [1.807, 2.05) is 5.38 Å². The van der Waals surface area contributed by atoms with E-state index in [4.69, 9.17) is 0 Å². The van der Waals surface area contributed by atoms with Gasteiger partial charge < -0.3 is 10.6 Å². The van der Waals surface area contributed by atoms with Crippen LogP contribution >= 0.6 is 11.3 Å². The van der Waals surface area contributed by atoms with E-state index in [0.717, 1.165) is 11.4 Å². The molecule has 2 heterocycles. The lowest BCUT2D eigenvalue weighted by atomic mass is 9.85. The zero-order valence-electron chi connectivity index (χ0n) is 14.0. The van der Waals surface area contributed by atoms with Crippen LogP contribution in [0.5, 0.6) is 0 Å². The normalized spacial score (nSPS) is 30.3. The molecule has 4 atom stereocenters. The largest absolute Gasteiger partial charge is 0.355 e. The highest BCUT2D eigenvalue weighted by Crippen LogP contribution is 2.52. The lowest BCUT2D eigenvalue weighted by molar-refractivity contribution is -0.140. The first-order valence-electron chi connectivity index (χ1n) is 8.55. The molecule has 2 fully saturated rings. The summed E-state index contributed by atoms with van der Waals surface area (Å²) in [4.78, 5) is 35.0. The number of amides is 2. The molecule has 3 aliphatic rings. The van der Waals surface area contributed by atoms with E-state index in [2.05, 4.69) is 32.8 Å². The molecule has 1 aliphatic heterocycles. The van der Waals surface area contributed by atoms with Crippen LogP contribution in [-0.2, 0) is 16.1 Å². The third kappa shape index (κ3) is 2.84. The average Bonchev–Trinajstić information content (AvgIpc) is 3.38. The fourth-order valence-corrected chi connectivity index (χ4v) is 4.75. The summed E-state index contributed by atoms with van der Waals surface area (Å²) < 4.78 is 0. The van der Waals surface area contributed by atoms with Crippen molar-refractivity contribution in [3.63, 3.8) is 0 Å². The number of nitrogens with one attached hydrogen (secondary N) is 2. The maximum absolute atomic E-state index is 12.6. The zero-order chi connectivity index (χ0) is 17.4. The van der Waals surface area contributed by atoms with Gasteiger partial charge in [0.25, 0.3) is 0 Å². The number of aliphatic imine (C=N–C) groups is 1. The highest BCUT2D eigenvalue weighted by molar-refractivity contribution is 7.09. The summed E-state index contributed by atoms with van der Waals surface area (Å²) in [5.74, 6) is 0.916. The highest BCUT2D eigenvalue weighted by Gasteiger charge is 2.58. The molecule has 0 aromatic carbocycles. The van der Waals surface area contributed by atoms with Gasteiger partial charge in [0.05, 0.1) is 18.4 Å². The van der Waals surface area contributed by atoms with Gasteiger partial charge in [-0.25, -0.2) is 4.98 Å². The second kappa shape index (κ2) is 6.59. The molecular weight excluding hydrogens is 338 g/mol. The molecular formula is C17H21N5O2S. The molecule has 1 saturated carbocycles. The van der Waals surface area contributed by atoms with Crippen molar-refractivity contribution in [2.45, 2.75) is 13.0 Å². The molecule has 2 aliphatic carbocycles. The van der Waals surface area contributed by atoms with Gasteiger partial charge in [0.2, 0.25) is 11.8 Å². The Morgan fingerprint density at radius 1 is 1.28 bits per heavy atom. The second-order valence-corrected chi connectivity index (χ2v) is 7.59. The average molecular weight is 359 g/mol. The quantitative estimate of drug-likeness (QED) is 0.348. The number of fused-ring (bicyclic) bond motifs is 5. The van der Waals surface area contributed by atoms with Gasteiger partial charge in [-0.3, -0.25) is 19.5 Å². The van der Waals surface area contributed by atoms with Crippen LogP contribution in [-0.4, -0.2) is 47.8 Å². The second-order valence-electron chi connectivity index (χ2n) is 6.61. The Morgan fingerprint density at radius 3 is 2.60 bits per heavy atom. The zero-order valence-corrected chi connectivity index (χ0v) is 14.8. The standard InChI is InChI=1S/C17H21N5O2S/c1-18-17(21-9-12-19-5-7-25-12)20-4-6-22-15(23)13-10-2-3-11(8-10)14(13)16(22)24/h2-3,5,7,10-11,13-14H,4,6,8-9H2,1H3,(H2,18,20,21). The molecule has 1 aromatic heterocycles. The van der Waals surface area contributed by atoms with Gasteiger partial charge in [-0.05, 0) is 18.3 Å². The predicted molar refractivity (Wildman–Crippen MR) is 94.8 cm³/mol. The summed E-state index contributed by atoms with van der Waals surface area (Å²) in [7, 11) is 1.69. The molecule has 7 nitrogen and oxygen atoms in total. The van der Waals surface area contributed by atoms with Crippen molar-refractivity contribution in [2.75, 3.05) is 20.1 Å². The van der Waals surface area contributed by atoms with Gasteiger partial charge in [0, 0.05) is 31.7 Å². The van der Waals surface area contributed by atoms with Crippen LogP contribution in [0.4, 0.5) is 0 Å². The van der Waals surface area contributed by atoms with Gasteiger partial charge in [-0.2, -0.15) is 0 Å². The minimum Gasteiger partial charge on any atom is -0.355 e. The fraction of sp³-hybridized carbons (Fsp3) is 0.529. The van der Waals surface area contributed by atoms with Crippen molar-refractivity contribution in [3.8, 4) is 0 Å². The summed E-state index contributed by atoms with van der Waals surface area (Å²) in [6, 6.07) is 0. The number of hydrogen-bond donors (Lipinski definition) is 2. The number of carbonyl (C=O) groups excluding carboxylic acids is 2. The number of rotatable bonds is 5. The van der Waals surface area contributed by atoms with Gasteiger partial charge in [-0.1, -0.05) is 12.2 Å². The first kappa shape index (κ1) is 16.3. The Labute approximate surface area is 150 Å². The Morgan fingerprint density at radius 2 is 2.00 bits per heavy atom. The third-order valence-corrected chi connectivity index (χ3v) is 6.08. The van der Waals surface area contributed by atoms with Gasteiger partial charge in [0.1, 0.15) is 5.01 Å².